The van der Waals surface area contributed by atoms with E-state index in [1.807, 2.05) is 56.6 Å². The van der Waals surface area contributed by atoms with Crippen LogP contribution in [0.15, 0.2) is 54.6 Å². The van der Waals surface area contributed by atoms with Crippen LogP contribution in [0.1, 0.15) is 80.9 Å². The Hall–Kier alpha value is -3.08. The largest absolute Gasteiger partial charge is 0.444 e. The molecule has 2 aromatic carbocycles. The first-order chi connectivity index (χ1) is 17.1. The Bertz CT molecular complexity index is 1130. The maximum Gasteiger partial charge on any atom is 0.410 e. The number of allylic oxidation sites excluding steroid dienone is 1. The van der Waals surface area contributed by atoms with E-state index in [0.717, 1.165) is 43.4 Å². The van der Waals surface area contributed by atoms with Crippen molar-refractivity contribution in [3.8, 4) is 0 Å². The molecular formula is C31H40N2O3. The summed E-state index contributed by atoms with van der Waals surface area (Å²) in [6.07, 6.45) is 6.10. The summed E-state index contributed by atoms with van der Waals surface area (Å²) in [6.45, 7) is 12.6. The molecule has 5 heteroatoms. The van der Waals surface area contributed by atoms with Gasteiger partial charge in [-0.15, -0.1) is 0 Å². The lowest BCUT2D eigenvalue weighted by Crippen LogP contribution is -2.38. The number of hydrogen-bond acceptors (Lipinski definition) is 3. The van der Waals surface area contributed by atoms with Gasteiger partial charge in [0.15, 0.2) is 0 Å². The highest BCUT2D eigenvalue weighted by molar-refractivity contribution is 5.95. The van der Waals surface area contributed by atoms with Gasteiger partial charge in [0.05, 0.1) is 0 Å². The highest BCUT2D eigenvalue weighted by Crippen LogP contribution is 2.45. The van der Waals surface area contributed by atoms with Crippen molar-refractivity contribution < 1.29 is 14.3 Å². The molecule has 1 aliphatic carbocycles. The number of ether oxygens (including phenoxy) is 1. The summed E-state index contributed by atoms with van der Waals surface area (Å²) < 4.78 is 5.66. The van der Waals surface area contributed by atoms with Crippen molar-refractivity contribution >= 4 is 17.6 Å². The van der Waals surface area contributed by atoms with Crippen LogP contribution in [0.3, 0.4) is 0 Å². The van der Waals surface area contributed by atoms with E-state index in [-0.39, 0.29) is 17.4 Å². The molecule has 4 rings (SSSR count). The summed E-state index contributed by atoms with van der Waals surface area (Å²) in [5, 5.41) is 0. The number of carbonyl (C=O) groups excluding carboxylic acids is 2. The van der Waals surface area contributed by atoms with Gasteiger partial charge in [0.2, 0.25) is 0 Å². The molecule has 0 aromatic heterocycles. The monoisotopic (exact) mass is 488 g/mol. The molecular weight excluding hydrogens is 448 g/mol. The number of likely N-dealkylation sites (tertiary alicyclic amines) is 1. The van der Waals surface area contributed by atoms with Gasteiger partial charge in [-0.05, 0) is 100 Å². The predicted molar refractivity (Wildman–Crippen MR) is 145 cm³/mol. The summed E-state index contributed by atoms with van der Waals surface area (Å²) in [5.74, 6) is 0.0760. The van der Waals surface area contributed by atoms with E-state index in [9.17, 15) is 9.59 Å². The zero-order valence-electron chi connectivity index (χ0n) is 22.5. The number of nitrogens with zero attached hydrogens (tertiary/aromatic N) is 2. The Labute approximate surface area is 216 Å². The molecule has 2 aliphatic rings. The van der Waals surface area contributed by atoms with Crippen LogP contribution < -0.4 is 0 Å². The van der Waals surface area contributed by atoms with Crippen LogP contribution in [0.2, 0.25) is 0 Å². The van der Waals surface area contributed by atoms with Gasteiger partial charge < -0.3 is 14.5 Å². The van der Waals surface area contributed by atoms with Crippen LogP contribution in [-0.4, -0.2) is 53.6 Å². The quantitative estimate of drug-likeness (QED) is 0.489. The standard InChI is InChI=1S/C31H40N2O3/c1-6-32(7-2)28(34)24-15-13-23(14-16-24)27-22-31(21-25-11-8-9-12-26(25)27)17-10-19-33(20-18-31)29(35)36-30(3,4)5/h8-9,11-16,22H,6-7,10,17-21H2,1-5H3. The van der Waals surface area contributed by atoms with Gasteiger partial charge in [-0.25, -0.2) is 4.79 Å². The Morgan fingerprint density at radius 3 is 2.33 bits per heavy atom. The van der Waals surface area contributed by atoms with Crippen LogP contribution in [0.5, 0.6) is 0 Å². The Balaban J connectivity index is 1.63. The highest BCUT2D eigenvalue weighted by atomic mass is 16.6. The van der Waals surface area contributed by atoms with E-state index in [1.165, 1.54) is 16.7 Å². The minimum atomic E-state index is -0.489. The third-order valence-electron chi connectivity index (χ3n) is 7.43. The summed E-state index contributed by atoms with van der Waals surface area (Å²) in [6, 6.07) is 16.7. The SMILES string of the molecule is CCN(CC)C(=O)c1ccc(C2=CC3(CCCN(C(=O)OC(C)(C)C)CC3)Cc3ccccc32)cc1. The molecule has 1 aliphatic heterocycles. The van der Waals surface area contributed by atoms with Crippen LogP contribution in [0, 0.1) is 5.41 Å². The minimum Gasteiger partial charge on any atom is -0.444 e. The first kappa shape index (κ1) is 26.0. The molecule has 0 saturated carbocycles. The first-order valence-corrected chi connectivity index (χ1v) is 13.3. The molecule has 1 heterocycles. The van der Waals surface area contributed by atoms with Gasteiger partial charge in [0, 0.05) is 31.7 Å². The zero-order chi connectivity index (χ0) is 25.9. The molecule has 1 atom stereocenters. The smallest absolute Gasteiger partial charge is 0.410 e. The number of carbonyl (C=O) groups is 2. The Morgan fingerprint density at radius 1 is 0.972 bits per heavy atom. The lowest BCUT2D eigenvalue weighted by atomic mass is 9.68. The molecule has 2 aromatic rings. The van der Waals surface area contributed by atoms with Crippen LogP contribution in [0.25, 0.3) is 5.57 Å². The average Bonchev–Trinajstić information content (AvgIpc) is 3.06. The van der Waals surface area contributed by atoms with E-state index in [1.54, 1.807) is 0 Å². The second-order valence-corrected chi connectivity index (χ2v) is 11.1. The lowest BCUT2D eigenvalue weighted by molar-refractivity contribution is 0.0253. The fraction of sp³-hybridized carbons (Fsp3) is 0.484. The van der Waals surface area contributed by atoms with Crippen molar-refractivity contribution in [1.29, 1.82) is 0 Å². The fourth-order valence-electron chi connectivity index (χ4n) is 5.52. The molecule has 0 radical (unpaired) electrons. The minimum absolute atomic E-state index is 0.00381. The number of benzene rings is 2. The van der Waals surface area contributed by atoms with Gasteiger partial charge >= 0.3 is 6.09 Å². The van der Waals surface area contributed by atoms with E-state index in [0.29, 0.717) is 19.6 Å². The first-order valence-electron chi connectivity index (χ1n) is 13.3. The van der Waals surface area contributed by atoms with Crippen molar-refractivity contribution in [2.45, 2.75) is 65.9 Å². The molecule has 192 valence electrons. The average molecular weight is 489 g/mol. The summed E-state index contributed by atoms with van der Waals surface area (Å²) in [7, 11) is 0. The summed E-state index contributed by atoms with van der Waals surface area (Å²) in [5.41, 5.74) is 5.20. The third kappa shape index (κ3) is 5.66. The number of amides is 2. The van der Waals surface area contributed by atoms with Crippen LogP contribution >= 0.6 is 0 Å². The van der Waals surface area contributed by atoms with Crippen molar-refractivity contribution in [2.24, 2.45) is 5.41 Å². The van der Waals surface area contributed by atoms with E-state index < -0.39 is 5.60 Å². The molecule has 1 saturated heterocycles. The van der Waals surface area contributed by atoms with E-state index >= 15 is 0 Å². The van der Waals surface area contributed by atoms with Crippen molar-refractivity contribution in [3.63, 3.8) is 0 Å². The molecule has 2 amide bonds. The fourth-order valence-corrected chi connectivity index (χ4v) is 5.52. The van der Waals surface area contributed by atoms with E-state index in [4.69, 9.17) is 4.74 Å². The number of fused-ring (bicyclic) bond motifs is 1. The molecule has 0 bridgehead atoms. The molecule has 5 nitrogen and oxygen atoms in total. The van der Waals surface area contributed by atoms with Crippen molar-refractivity contribution in [3.05, 3.63) is 76.9 Å². The van der Waals surface area contributed by atoms with Gasteiger partial charge in [0.25, 0.3) is 5.91 Å². The lowest BCUT2D eigenvalue weighted by Gasteiger charge is -2.36. The summed E-state index contributed by atoms with van der Waals surface area (Å²) in [4.78, 5) is 29.3. The number of hydrogen-bond donors (Lipinski definition) is 0. The van der Waals surface area contributed by atoms with Crippen LogP contribution in [0.4, 0.5) is 4.79 Å². The zero-order valence-corrected chi connectivity index (χ0v) is 22.5. The molecule has 1 spiro atoms. The Kier molecular flexibility index (Phi) is 7.58. The second-order valence-electron chi connectivity index (χ2n) is 11.1. The maximum absolute atomic E-state index is 12.8. The third-order valence-corrected chi connectivity index (χ3v) is 7.43. The normalized spacial score (nSPS) is 19.8. The van der Waals surface area contributed by atoms with Gasteiger partial charge in [0.1, 0.15) is 5.60 Å². The molecule has 1 fully saturated rings. The molecule has 36 heavy (non-hydrogen) atoms. The second kappa shape index (κ2) is 10.5. The van der Waals surface area contributed by atoms with Gasteiger partial charge in [-0.3, -0.25) is 4.79 Å². The van der Waals surface area contributed by atoms with Gasteiger partial charge in [-0.2, -0.15) is 0 Å². The molecule has 1 unspecified atom stereocenters. The van der Waals surface area contributed by atoms with E-state index in [2.05, 4.69) is 42.5 Å². The number of rotatable bonds is 4. The summed E-state index contributed by atoms with van der Waals surface area (Å²) >= 11 is 0. The van der Waals surface area contributed by atoms with Gasteiger partial charge in [-0.1, -0.05) is 42.5 Å². The van der Waals surface area contributed by atoms with Crippen LogP contribution in [-0.2, 0) is 11.2 Å². The van der Waals surface area contributed by atoms with Crippen molar-refractivity contribution in [2.75, 3.05) is 26.2 Å². The molecule has 0 N–H and O–H groups in total. The topological polar surface area (TPSA) is 49.9 Å². The van der Waals surface area contributed by atoms with Crippen molar-refractivity contribution in [1.82, 2.24) is 9.80 Å². The maximum atomic E-state index is 12.8. The predicted octanol–water partition coefficient (Wildman–Crippen LogP) is 6.56. The highest BCUT2D eigenvalue weighted by Gasteiger charge is 2.37. The Morgan fingerprint density at radius 2 is 1.67 bits per heavy atom.